The van der Waals surface area contributed by atoms with Gasteiger partial charge in [0.15, 0.2) is 0 Å². The van der Waals surface area contributed by atoms with Crippen LogP contribution in [0.3, 0.4) is 0 Å². The molecule has 0 aliphatic carbocycles. The van der Waals surface area contributed by atoms with Crippen LogP contribution in [0.2, 0.25) is 0 Å². The number of amides is 1. The molecule has 0 aliphatic rings. The van der Waals surface area contributed by atoms with Crippen molar-refractivity contribution >= 4 is 21.6 Å². The summed E-state index contributed by atoms with van der Waals surface area (Å²) in [4.78, 5) is 13.5. The molecule has 0 saturated carbocycles. The van der Waals surface area contributed by atoms with Crippen molar-refractivity contribution in [2.24, 2.45) is 0 Å². The number of nitrogens with one attached hydrogen (secondary N) is 1. The van der Waals surface area contributed by atoms with E-state index < -0.39 is 22.0 Å². The van der Waals surface area contributed by atoms with E-state index in [1.165, 1.54) is 0 Å². The van der Waals surface area contributed by atoms with Crippen molar-refractivity contribution in [2.75, 3.05) is 10.8 Å². The van der Waals surface area contributed by atoms with Gasteiger partial charge in [-0.25, -0.2) is 8.42 Å². The molecule has 1 amide bonds. The minimum absolute atomic E-state index is 0.137. The van der Waals surface area contributed by atoms with Crippen LogP contribution in [0, 0.1) is 13.8 Å². The van der Waals surface area contributed by atoms with E-state index >= 15 is 0 Å². The molecule has 1 N–H and O–H groups in total. The molecular weight excluding hydrogens is 456 g/mol. The van der Waals surface area contributed by atoms with Crippen molar-refractivity contribution in [1.82, 2.24) is 5.32 Å². The van der Waals surface area contributed by atoms with Gasteiger partial charge in [0.2, 0.25) is 5.91 Å². The zero-order chi connectivity index (χ0) is 24.8. The van der Waals surface area contributed by atoms with Gasteiger partial charge in [-0.3, -0.25) is 9.10 Å². The smallest absolute Gasteiger partial charge is 0.264 e. The van der Waals surface area contributed by atoms with E-state index in [1.54, 1.807) is 48.5 Å². The Balaban J connectivity index is 1.68. The second kappa shape index (κ2) is 10.6. The Morgan fingerprint density at radius 3 is 1.97 bits per heavy atom. The highest BCUT2D eigenvalue weighted by Gasteiger charge is 2.28. The van der Waals surface area contributed by atoms with Gasteiger partial charge in [0.05, 0.1) is 16.6 Å². The summed E-state index contributed by atoms with van der Waals surface area (Å²) in [6.07, 6.45) is 0. The van der Waals surface area contributed by atoms with Gasteiger partial charge in [-0.05, 0) is 54.8 Å². The van der Waals surface area contributed by atoms with Crippen molar-refractivity contribution in [2.45, 2.75) is 24.8 Å². The molecular formula is C29H28N2O3S. The minimum atomic E-state index is -3.97. The highest BCUT2D eigenvalue weighted by Crippen LogP contribution is 2.26. The normalized spacial score (nSPS) is 12.1. The number of hydrogen-bond acceptors (Lipinski definition) is 3. The summed E-state index contributed by atoms with van der Waals surface area (Å²) >= 11 is 0. The monoisotopic (exact) mass is 484 g/mol. The lowest BCUT2D eigenvalue weighted by atomic mass is 9.95. The van der Waals surface area contributed by atoms with Crippen molar-refractivity contribution in [3.63, 3.8) is 0 Å². The summed E-state index contributed by atoms with van der Waals surface area (Å²) in [6.45, 7) is 3.54. The molecule has 0 saturated heterocycles. The Kier molecular flexibility index (Phi) is 7.32. The Labute approximate surface area is 207 Å². The predicted molar refractivity (Wildman–Crippen MR) is 140 cm³/mol. The molecule has 0 spiro atoms. The van der Waals surface area contributed by atoms with Crippen LogP contribution in [-0.4, -0.2) is 20.9 Å². The lowest BCUT2D eigenvalue weighted by molar-refractivity contribution is -0.120. The maximum absolute atomic E-state index is 13.6. The predicted octanol–water partition coefficient (Wildman–Crippen LogP) is 5.40. The van der Waals surface area contributed by atoms with Gasteiger partial charge in [-0.15, -0.1) is 0 Å². The van der Waals surface area contributed by atoms with Gasteiger partial charge in [-0.1, -0.05) is 90.5 Å². The number of anilines is 1. The van der Waals surface area contributed by atoms with Crippen LogP contribution in [0.5, 0.6) is 0 Å². The molecule has 4 aromatic rings. The summed E-state index contributed by atoms with van der Waals surface area (Å²) in [6, 6.07) is 32.5. The Hall–Kier alpha value is -3.90. The van der Waals surface area contributed by atoms with Crippen molar-refractivity contribution in [3.05, 3.63) is 131 Å². The number of nitrogens with zero attached hydrogens (tertiary/aromatic N) is 1. The summed E-state index contributed by atoms with van der Waals surface area (Å²) in [5, 5.41) is 3.08. The number of carbonyl (C=O) groups is 1. The maximum atomic E-state index is 13.6. The fourth-order valence-electron chi connectivity index (χ4n) is 3.98. The van der Waals surface area contributed by atoms with Crippen LogP contribution in [0.1, 0.15) is 28.3 Å². The van der Waals surface area contributed by atoms with Crippen LogP contribution >= 0.6 is 0 Å². The standard InChI is InChI=1S/C29H28N2O3S/c1-22-17-19-26(20-18-22)35(33,34)31(25-14-7-4-8-15-25)21-28(32)30-29(24-12-5-3-6-13-24)27-16-10-9-11-23(27)2/h3-20,29H,21H2,1-2H3,(H,30,32)/t29-/m1/s1. The van der Waals surface area contributed by atoms with E-state index in [2.05, 4.69) is 5.32 Å². The average Bonchev–Trinajstić information content (AvgIpc) is 2.87. The molecule has 35 heavy (non-hydrogen) atoms. The number of sulfonamides is 1. The molecule has 4 aromatic carbocycles. The first-order chi connectivity index (χ1) is 16.9. The molecule has 0 aliphatic heterocycles. The minimum Gasteiger partial charge on any atom is -0.344 e. The molecule has 0 unspecified atom stereocenters. The van der Waals surface area contributed by atoms with Crippen LogP contribution in [0.25, 0.3) is 0 Å². The largest absolute Gasteiger partial charge is 0.344 e. The van der Waals surface area contributed by atoms with E-state index in [0.717, 1.165) is 26.6 Å². The Morgan fingerprint density at radius 1 is 0.771 bits per heavy atom. The second-order valence-corrected chi connectivity index (χ2v) is 10.3. The van der Waals surface area contributed by atoms with Gasteiger partial charge < -0.3 is 5.32 Å². The van der Waals surface area contributed by atoms with Gasteiger partial charge >= 0.3 is 0 Å². The van der Waals surface area contributed by atoms with Crippen LogP contribution in [0.4, 0.5) is 5.69 Å². The molecule has 0 bridgehead atoms. The molecule has 5 nitrogen and oxygen atoms in total. The molecule has 178 valence electrons. The zero-order valence-corrected chi connectivity index (χ0v) is 20.6. The first kappa shape index (κ1) is 24.2. The third kappa shape index (κ3) is 5.61. The van der Waals surface area contributed by atoms with E-state index in [9.17, 15) is 13.2 Å². The topological polar surface area (TPSA) is 66.5 Å². The van der Waals surface area contributed by atoms with Crippen LogP contribution < -0.4 is 9.62 Å². The molecule has 1 atom stereocenters. The molecule has 0 aromatic heterocycles. The highest BCUT2D eigenvalue weighted by molar-refractivity contribution is 7.92. The fraction of sp³-hybridized carbons (Fsp3) is 0.138. The zero-order valence-electron chi connectivity index (χ0n) is 19.8. The number of aryl methyl sites for hydroxylation is 2. The fourth-order valence-corrected chi connectivity index (χ4v) is 5.40. The van der Waals surface area contributed by atoms with Crippen LogP contribution in [-0.2, 0) is 14.8 Å². The number of rotatable bonds is 8. The third-order valence-corrected chi connectivity index (χ3v) is 7.67. The molecule has 4 rings (SSSR count). The summed E-state index contributed by atoms with van der Waals surface area (Å²) < 4.78 is 28.4. The summed E-state index contributed by atoms with van der Waals surface area (Å²) in [7, 11) is -3.97. The molecule has 0 radical (unpaired) electrons. The Bertz CT molecular complexity index is 1390. The number of hydrogen-bond donors (Lipinski definition) is 1. The SMILES string of the molecule is Cc1ccc(S(=O)(=O)N(CC(=O)N[C@H](c2ccccc2)c2ccccc2C)c2ccccc2)cc1. The average molecular weight is 485 g/mol. The quantitative estimate of drug-likeness (QED) is 0.364. The number of para-hydroxylation sites is 1. The Morgan fingerprint density at radius 2 is 1.34 bits per heavy atom. The van der Waals surface area contributed by atoms with E-state index in [1.807, 2.05) is 74.5 Å². The van der Waals surface area contributed by atoms with Crippen molar-refractivity contribution in [1.29, 1.82) is 0 Å². The van der Waals surface area contributed by atoms with Gasteiger partial charge in [-0.2, -0.15) is 0 Å². The van der Waals surface area contributed by atoms with Crippen molar-refractivity contribution in [3.8, 4) is 0 Å². The summed E-state index contributed by atoms with van der Waals surface area (Å²) in [5.41, 5.74) is 4.30. The molecule has 0 fully saturated rings. The molecule has 0 heterocycles. The number of carbonyl (C=O) groups excluding carboxylic acids is 1. The maximum Gasteiger partial charge on any atom is 0.264 e. The van der Waals surface area contributed by atoms with Gasteiger partial charge in [0.25, 0.3) is 10.0 Å². The second-order valence-electron chi connectivity index (χ2n) is 8.43. The van der Waals surface area contributed by atoms with E-state index in [-0.39, 0.29) is 11.4 Å². The van der Waals surface area contributed by atoms with Gasteiger partial charge in [0, 0.05) is 0 Å². The third-order valence-electron chi connectivity index (χ3n) is 5.88. The lowest BCUT2D eigenvalue weighted by Gasteiger charge is -2.26. The number of benzene rings is 4. The molecule has 6 heteroatoms. The van der Waals surface area contributed by atoms with Gasteiger partial charge in [0.1, 0.15) is 6.54 Å². The highest BCUT2D eigenvalue weighted by atomic mass is 32.2. The van der Waals surface area contributed by atoms with Crippen molar-refractivity contribution < 1.29 is 13.2 Å². The van der Waals surface area contributed by atoms with E-state index in [0.29, 0.717) is 5.69 Å². The lowest BCUT2D eigenvalue weighted by Crippen LogP contribution is -2.42. The van der Waals surface area contributed by atoms with E-state index in [4.69, 9.17) is 0 Å². The first-order valence-corrected chi connectivity index (χ1v) is 12.8. The summed E-state index contributed by atoms with van der Waals surface area (Å²) in [5.74, 6) is -0.401. The first-order valence-electron chi connectivity index (χ1n) is 11.4. The van der Waals surface area contributed by atoms with Crippen LogP contribution in [0.15, 0.2) is 114 Å².